The molecule has 1 N–H and O–H groups in total. The molecular weight excluding hydrogens is 404 g/mol. The molecule has 158 valence electrons. The van der Waals surface area contributed by atoms with Gasteiger partial charge in [-0.15, -0.1) is 0 Å². The van der Waals surface area contributed by atoms with Crippen molar-refractivity contribution < 1.29 is 9.21 Å². The molecule has 0 saturated heterocycles. The number of anilines is 1. The first-order valence-electron chi connectivity index (χ1n) is 10.1. The number of furan rings is 1. The molecule has 2 aromatic carbocycles. The molecule has 32 heavy (non-hydrogen) atoms. The molecule has 3 aromatic heterocycles. The minimum atomic E-state index is -0.387. The molecule has 1 amide bonds. The fourth-order valence-electron chi connectivity index (χ4n) is 3.81. The number of fused-ring (bicyclic) bond motifs is 1. The molecule has 0 atom stereocenters. The van der Waals surface area contributed by atoms with Gasteiger partial charge in [-0.3, -0.25) is 14.3 Å². The summed E-state index contributed by atoms with van der Waals surface area (Å²) in [5.41, 5.74) is 2.94. The zero-order chi connectivity index (χ0) is 22.2. The minimum Gasteiger partial charge on any atom is -0.463 e. The van der Waals surface area contributed by atoms with Gasteiger partial charge in [0.1, 0.15) is 11.4 Å². The van der Waals surface area contributed by atoms with Crippen LogP contribution < -0.4 is 10.9 Å². The molecule has 0 spiro atoms. The van der Waals surface area contributed by atoms with E-state index in [-0.39, 0.29) is 17.2 Å². The van der Waals surface area contributed by atoms with Gasteiger partial charge in [-0.25, -0.2) is 9.67 Å². The molecule has 5 aromatic rings. The number of carbonyl (C=O) groups excluding carboxylic acids is 1. The number of pyridine rings is 1. The second-order valence-corrected chi connectivity index (χ2v) is 7.44. The van der Waals surface area contributed by atoms with Crippen molar-refractivity contribution in [2.45, 2.75) is 6.92 Å². The van der Waals surface area contributed by atoms with Gasteiger partial charge in [-0.2, -0.15) is 0 Å². The molecule has 0 bridgehead atoms. The number of benzene rings is 2. The molecule has 5 rings (SSSR count). The largest absolute Gasteiger partial charge is 0.463 e. The van der Waals surface area contributed by atoms with Crippen LogP contribution in [0.5, 0.6) is 0 Å². The van der Waals surface area contributed by atoms with Crippen LogP contribution in [0.4, 0.5) is 5.69 Å². The van der Waals surface area contributed by atoms with Crippen molar-refractivity contribution in [3.63, 3.8) is 0 Å². The molecule has 7 nitrogen and oxygen atoms in total. The topological polar surface area (TPSA) is 82.1 Å². The Morgan fingerprint density at radius 3 is 2.50 bits per heavy atom. The van der Waals surface area contributed by atoms with Crippen LogP contribution in [0, 0.1) is 6.92 Å². The third kappa shape index (κ3) is 3.20. The number of rotatable bonds is 4. The zero-order valence-electron chi connectivity index (χ0n) is 17.6. The lowest BCUT2D eigenvalue weighted by Crippen LogP contribution is -2.23. The third-order valence-electron chi connectivity index (χ3n) is 5.53. The number of hydrogen-bond donors (Lipinski definition) is 1. The molecule has 0 aliphatic rings. The molecule has 7 heteroatoms. The van der Waals surface area contributed by atoms with Crippen LogP contribution in [-0.2, 0) is 7.05 Å². The maximum atomic E-state index is 13.4. The second-order valence-electron chi connectivity index (χ2n) is 7.44. The smallest absolute Gasteiger partial charge is 0.295 e. The van der Waals surface area contributed by atoms with Gasteiger partial charge < -0.3 is 9.73 Å². The predicted molar refractivity (Wildman–Crippen MR) is 123 cm³/mol. The maximum absolute atomic E-state index is 13.4. The SMILES string of the molecule is Cc1c(NC(=O)c2cc(-c3ccco3)nc3ccccc23)c(=O)n(-c2ccccc2)n1C. The van der Waals surface area contributed by atoms with Crippen molar-refractivity contribution in [2.75, 3.05) is 5.32 Å². The van der Waals surface area contributed by atoms with Gasteiger partial charge in [0.15, 0.2) is 5.76 Å². The van der Waals surface area contributed by atoms with Crippen LogP contribution in [0.15, 0.2) is 88.3 Å². The van der Waals surface area contributed by atoms with Crippen LogP contribution in [0.1, 0.15) is 16.1 Å². The highest BCUT2D eigenvalue weighted by molar-refractivity contribution is 6.13. The summed E-state index contributed by atoms with van der Waals surface area (Å²) in [7, 11) is 1.79. The Labute approximate surface area is 183 Å². The molecule has 0 aliphatic carbocycles. The van der Waals surface area contributed by atoms with E-state index in [0.717, 1.165) is 5.69 Å². The van der Waals surface area contributed by atoms with Crippen molar-refractivity contribution in [1.82, 2.24) is 14.3 Å². The Hall–Kier alpha value is -4.39. The van der Waals surface area contributed by atoms with E-state index in [1.54, 1.807) is 43.1 Å². The zero-order valence-corrected chi connectivity index (χ0v) is 17.6. The highest BCUT2D eigenvalue weighted by Gasteiger charge is 2.21. The van der Waals surface area contributed by atoms with E-state index in [4.69, 9.17) is 4.42 Å². The van der Waals surface area contributed by atoms with Gasteiger partial charge in [0.05, 0.1) is 28.7 Å². The third-order valence-corrected chi connectivity index (χ3v) is 5.53. The Morgan fingerprint density at radius 1 is 1.00 bits per heavy atom. The minimum absolute atomic E-state index is 0.238. The van der Waals surface area contributed by atoms with Gasteiger partial charge in [-0.05, 0) is 43.3 Å². The van der Waals surface area contributed by atoms with Crippen LogP contribution in [-0.4, -0.2) is 20.3 Å². The maximum Gasteiger partial charge on any atom is 0.295 e. The van der Waals surface area contributed by atoms with Crippen LogP contribution in [0.25, 0.3) is 28.0 Å². The van der Waals surface area contributed by atoms with E-state index in [2.05, 4.69) is 10.3 Å². The molecule has 0 aliphatic heterocycles. The average Bonchev–Trinajstić information content (AvgIpc) is 3.43. The molecular formula is C25H20N4O3. The van der Waals surface area contributed by atoms with E-state index in [1.807, 2.05) is 54.6 Å². The van der Waals surface area contributed by atoms with Crippen molar-refractivity contribution in [3.8, 4) is 17.1 Å². The van der Waals surface area contributed by atoms with Gasteiger partial charge in [-0.1, -0.05) is 36.4 Å². The number of para-hydroxylation sites is 2. The first kappa shape index (κ1) is 19.6. The number of hydrogen-bond acceptors (Lipinski definition) is 4. The summed E-state index contributed by atoms with van der Waals surface area (Å²) in [5, 5.41) is 3.53. The highest BCUT2D eigenvalue weighted by Crippen LogP contribution is 2.26. The number of amides is 1. The normalized spacial score (nSPS) is 11.1. The van der Waals surface area contributed by atoms with Crippen molar-refractivity contribution in [1.29, 1.82) is 0 Å². The van der Waals surface area contributed by atoms with Crippen molar-refractivity contribution in [3.05, 3.63) is 101 Å². The first-order chi connectivity index (χ1) is 15.5. The highest BCUT2D eigenvalue weighted by atomic mass is 16.3. The number of aromatic nitrogens is 3. The molecule has 3 heterocycles. The van der Waals surface area contributed by atoms with E-state index in [0.29, 0.717) is 33.6 Å². The Balaban J connectivity index is 1.60. The lowest BCUT2D eigenvalue weighted by molar-refractivity contribution is 0.102. The van der Waals surface area contributed by atoms with Crippen LogP contribution in [0.2, 0.25) is 0 Å². The summed E-state index contributed by atoms with van der Waals surface area (Å²) < 4.78 is 8.74. The summed E-state index contributed by atoms with van der Waals surface area (Å²) in [5.74, 6) is 0.176. The summed E-state index contributed by atoms with van der Waals surface area (Å²) in [6, 6.07) is 21.9. The van der Waals surface area contributed by atoms with Crippen molar-refractivity contribution in [2.24, 2.45) is 7.05 Å². The number of carbonyl (C=O) groups is 1. The summed E-state index contributed by atoms with van der Waals surface area (Å²) in [4.78, 5) is 31.2. The second kappa shape index (κ2) is 7.70. The van der Waals surface area contributed by atoms with Gasteiger partial charge in [0, 0.05) is 12.4 Å². The fraction of sp³-hybridized carbons (Fsp3) is 0.0800. The van der Waals surface area contributed by atoms with E-state index in [1.165, 1.54) is 4.68 Å². The van der Waals surface area contributed by atoms with E-state index in [9.17, 15) is 9.59 Å². The summed E-state index contributed by atoms with van der Waals surface area (Å²) >= 11 is 0. The number of nitrogens with zero attached hydrogens (tertiary/aromatic N) is 3. The quantitative estimate of drug-likeness (QED) is 0.459. The van der Waals surface area contributed by atoms with E-state index < -0.39 is 0 Å². The monoisotopic (exact) mass is 424 g/mol. The Kier molecular flexibility index (Phi) is 4.71. The molecule has 0 saturated carbocycles. The molecule has 0 unspecified atom stereocenters. The fourth-order valence-corrected chi connectivity index (χ4v) is 3.81. The lowest BCUT2D eigenvalue weighted by Gasteiger charge is -2.09. The molecule has 0 radical (unpaired) electrons. The van der Waals surface area contributed by atoms with E-state index >= 15 is 0 Å². The van der Waals surface area contributed by atoms with Crippen molar-refractivity contribution >= 4 is 22.5 Å². The van der Waals surface area contributed by atoms with Crippen LogP contribution in [0.3, 0.4) is 0 Å². The van der Waals surface area contributed by atoms with Gasteiger partial charge >= 0.3 is 0 Å². The van der Waals surface area contributed by atoms with Gasteiger partial charge in [0.25, 0.3) is 11.5 Å². The Bertz CT molecular complexity index is 1500. The predicted octanol–water partition coefficient (Wildman–Crippen LogP) is 4.54. The summed E-state index contributed by atoms with van der Waals surface area (Å²) in [6.45, 7) is 1.80. The lowest BCUT2D eigenvalue weighted by atomic mass is 10.1. The standard InChI is InChI=1S/C25H20N4O3/c1-16-23(25(31)29(28(16)2)17-9-4-3-5-10-17)27-24(30)19-15-21(22-13-8-14-32-22)26-20-12-7-6-11-18(19)20/h3-15H,1-2H3,(H,27,30). The average molecular weight is 424 g/mol. The van der Waals surface area contributed by atoms with Crippen LogP contribution >= 0.6 is 0 Å². The van der Waals surface area contributed by atoms with Gasteiger partial charge in [0.2, 0.25) is 0 Å². The molecule has 0 fully saturated rings. The first-order valence-corrected chi connectivity index (χ1v) is 10.1. The number of nitrogens with one attached hydrogen (secondary N) is 1. The summed E-state index contributed by atoms with van der Waals surface area (Å²) in [6.07, 6.45) is 1.56. The Morgan fingerprint density at radius 2 is 1.75 bits per heavy atom.